The number of rotatable bonds is 6. The SMILES string of the molecule is Cc1cnn(-c2ccc(OC[C@H]3CCOC[C@@H]3NS(C)(=O)=O)c(F)c2)c1. The van der Waals surface area contributed by atoms with Gasteiger partial charge >= 0.3 is 0 Å². The van der Waals surface area contributed by atoms with Crippen molar-refractivity contribution in [3.05, 3.63) is 42.0 Å². The van der Waals surface area contributed by atoms with Gasteiger partial charge in [0, 0.05) is 24.8 Å². The molecule has 1 fully saturated rings. The number of ether oxygens (including phenoxy) is 2. The van der Waals surface area contributed by atoms with Gasteiger partial charge in [-0.25, -0.2) is 22.2 Å². The minimum Gasteiger partial charge on any atom is -0.490 e. The first-order valence-electron chi connectivity index (χ1n) is 8.31. The molecule has 3 rings (SSSR count). The highest BCUT2D eigenvalue weighted by molar-refractivity contribution is 7.88. The van der Waals surface area contributed by atoms with Crippen LogP contribution in [0.5, 0.6) is 5.75 Å². The summed E-state index contributed by atoms with van der Waals surface area (Å²) in [7, 11) is -3.35. The fraction of sp³-hybridized carbons (Fsp3) is 0.471. The Balaban J connectivity index is 1.66. The van der Waals surface area contributed by atoms with Gasteiger partial charge in [0.1, 0.15) is 0 Å². The van der Waals surface area contributed by atoms with Gasteiger partial charge in [0.15, 0.2) is 11.6 Å². The molecule has 1 saturated heterocycles. The van der Waals surface area contributed by atoms with Crippen molar-refractivity contribution < 1.29 is 22.3 Å². The van der Waals surface area contributed by atoms with Crippen molar-refractivity contribution in [3.8, 4) is 11.4 Å². The Bertz CT molecular complexity index is 869. The van der Waals surface area contributed by atoms with Crippen LogP contribution in [0.25, 0.3) is 5.69 Å². The number of benzene rings is 1. The lowest BCUT2D eigenvalue weighted by molar-refractivity contribution is 0.0270. The zero-order valence-corrected chi connectivity index (χ0v) is 15.5. The lowest BCUT2D eigenvalue weighted by Gasteiger charge is -2.31. The first-order chi connectivity index (χ1) is 12.3. The molecule has 0 saturated carbocycles. The van der Waals surface area contributed by atoms with Crippen molar-refractivity contribution in [1.29, 1.82) is 0 Å². The van der Waals surface area contributed by atoms with Crippen molar-refractivity contribution >= 4 is 10.0 Å². The number of sulfonamides is 1. The van der Waals surface area contributed by atoms with Gasteiger partial charge in [-0.15, -0.1) is 0 Å². The average molecular weight is 383 g/mol. The summed E-state index contributed by atoms with van der Waals surface area (Å²) in [5.74, 6) is -0.455. The lowest BCUT2D eigenvalue weighted by atomic mass is 9.97. The highest BCUT2D eigenvalue weighted by Crippen LogP contribution is 2.23. The van der Waals surface area contributed by atoms with Crippen LogP contribution in [0.3, 0.4) is 0 Å². The Labute approximate surface area is 152 Å². The molecule has 1 aliphatic rings. The molecule has 0 amide bonds. The van der Waals surface area contributed by atoms with Gasteiger partial charge in [0.2, 0.25) is 10.0 Å². The molecular formula is C17H22FN3O4S. The second kappa shape index (κ2) is 7.73. The van der Waals surface area contributed by atoms with E-state index in [0.717, 1.165) is 11.8 Å². The molecule has 26 heavy (non-hydrogen) atoms. The van der Waals surface area contributed by atoms with E-state index in [1.54, 1.807) is 29.2 Å². The van der Waals surface area contributed by atoms with E-state index in [0.29, 0.717) is 18.7 Å². The summed E-state index contributed by atoms with van der Waals surface area (Å²) >= 11 is 0. The number of nitrogens with zero attached hydrogens (tertiary/aromatic N) is 2. The van der Waals surface area contributed by atoms with E-state index in [1.807, 2.05) is 6.92 Å². The van der Waals surface area contributed by atoms with Crippen LogP contribution in [0.15, 0.2) is 30.6 Å². The van der Waals surface area contributed by atoms with E-state index in [1.165, 1.54) is 6.07 Å². The number of hydrogen-bond donors (Lipinski definition) is 1. The van der Waals surface area contributed by atoms with E-state index >= 15 is 0 Å². The molecule has 1 aliphatic heterocycles. The maximum absolute atomic E-state index is 14.4. The van der Waals surface area contributed by atoms with Crippen LogP contribution in [0.4, 0.5) is 4.39 Å². The Morgan fingerprint density at radius 3 is 2.92 bits per heavy atom. The summed E-state index contributed by atoms with van der Waals surface area (Å²) in [6.45, 7) is 2.91. The molecule has 0 unspecified atom stereocenters. The third-order valence-corrected chi connectivity index (χ3v) is 4.94. The third kappa shape index (κ3) is 4.80. The van der Waals surface area contributed by atoms with Gasteiger partial charge in [-0.1, -0.05) is 0 Å². The second-order valence-corrected chi connectivity index (χ2v) is 8.29. The fourth-order valence-electron chi connectivity index (χ4n) is 2.89. The van der Waals surface area contributed by atoms with E-state index in [2.05, 4.69) is 9.82 Å². The predicted octanol–water partition coefficient (Wildman–Crippen LogP) is 1.65. The normalized spacial score (nSPS) is 20.9. The Morgan fingerprint density at radius 2 is 2.27 bits per heavy atom. The van der Waals surface area contributed by atoms with Crippen LogP contribution in [0.1, 0.15) is 12.0 Å². The fourth-order valence-corrected chi connectivity index (χ4v) is 3.70. The van der Waals surface area contributed by atoms with Crippen LogP contribution < -0.4 is 9.46 Å². The standard InChI is InChI=1S/C17H22FN3O4S/c1-12-8-19-21(9-12)14-3-4-17(15(18)7-14)25-10-13-5-6-24-11-16(13)20-26(2,22)23/h3-4,7-9,13,16,20H,5-6,10-11H2,1-2H3/t13-,16+/m1/s1. The molecule has 2 aromatic rings. The molecule has 1 aromatic heterocycles. The number of aryl methyl sites for hydroxylation is 1. The van der Waals surface area contributed by atoms with E-state index in [9.17, 15) is 12.8 Å². The van der Waals surface area contributed by atoms with Gasteiger partial charge in [-0.3, -0.25) is 0 Å². The van der Waals surface area contributed by atoms with Gasteiger partial charge in [0.05, 0.1) is 37.4 Å². The lowest BCUT2D eigenvalue weighted by Crippen LogP contribution is -2.48. The van der Waals surface area contributed by atoms with E-state index < -0.39 is 15.8 Å². The third-order valence-electron chi connectivity index (χ3n) is 4.21. The molecule has 1 N–H and O–H groups in total. The molecule has 0 radical (unpaired) electrons. The Morgan fingerprint density at radius 1 is 1.46 bits per heavy atom. The number of aromatic nitrogens is 2. The molecule has 1 aromatic carbocycles. The van der Waals surface area contributed by atoms with Crippen molar-refractivity contribution in [1.82, 2.24) is 14.5 Å². The van der Waals surface area contributed by atoms with Crippen molar-refractivity contribution in [2.24, 2.45) is 5.92 Å². The smallest absolute Gasteiger partial charge is 0.209 e. The maximum Gasteiger partial charge on any atom is 0.209 e. The number of hydrogen-bond acceptors (Lipinski definition) is 5. The number of nitrogens with one attached hydrogen (secondary N) is 1. The zero-order chi connectivity index (χ0) is 18.7. The van der Waals surface area contributed by atoms with Gasteiger partial charge < -0.3 is 9.47 Å². The quantitative estimate of drug-likeness (QED) is 0.820. The summed E-state index contributed by atoms with van der Waals surface area (Å²) in [5.41, 5.74) is 1.58. The van der Waals surface area contributed by atoms with Crippen molar-refractivity contribution in [2.45, 2.75) is 19.4 Å². The van der Waals surface area contributed by atoms with Crippen LogP contribution in [0.2, 0.25) is 0 Å². The largest absolute Gasteiger partial charge is 0.490 e. The summed E-state index contributed by atoms with van der Waals surface area (Å²) < 4.78 is 52.4. The molecular weight excluding hydrogens is 361 g/mol. The van der Waals surface area contributed by atoms with Gasteiger partial charge in [-0.05, 0) is 31.0 Å². The molecule has 0 bridgehead atoms. The summed E-state index contributed by atoms with van der Waals surface area (Å²) in [5, 5.41) is 4.15. The summed E-state index contributed by atoms with van der Waals surface area (Å²) in [6, 6.07) is 4.26. The van der Waals surface area contributed by atoms with Gasteiger partial charge in [0.25, 0.3) is 0 Å². The topological polar surface area (TPSA) is 82.4 Å². The predicted molar refractivity (Wildman–Crippen MR) is 94.4 cm³/mol. The maximum atomic E-state index is 14.4. The average Bonchev–Trinajstić information content (AvgIpc) is 3.00. The van der Waals surface area contributed by atoms with Crippen LogP contribution >= 0.6 is 0 Å². The highest BCUT2D eigenvalue weighted by Gasteiger charge is 2.29. The molecule has 0 aliphatic carbocycles. The summed E-state index contributed by atoms with van der Waals surface area (Å²) in [4.78, 5) is 0. The zero-order valence-electron chi connectivity index (χ0n) is 14.7. The highest BCUT2D eigenvalue weighted by atomic mass is 32.2. The molecule has 2 heterocycles. The minimum atomic E-state index is -3.35. The number of halogens is 1. The van der Waals surface area contributed by atoms with Crippen LogP contribution in [0, 0.1) is 18.7 Å². The minimum absolute atomic E-state index is 0.0914. The van der Waals surface area contributed by atoms with Crippen molar-refractivity contribution in [3.63, 3.8) is 0 Å². The first-order valence-corrected chi connectivity index (χ1v) is 10.2. The second-order valence-electron chi connectivity index (χ2n) is 6.51. The van der Waals surface area contributed by atoms with Crippen LogP contribution in [-0.2, 0) is 14.8 Å². The monoisotopic (exact) mass is 383 g/mol. The van der Waals surface area contributed by atoms with Crippen LogP contribution in [-0.4, -0.2) is 50.3 Å². The van der Waals surface area contributed by atoms with Crippen molar-refractivity contribution in [2.75, 3.05) is 26.1 Å². The molecule has 142 valence electrons. The Hall–Kier alpha value is -1.97. The Kier molecular flexibility index (Phi) is 5.59. The molecule has 7 nitrogen and oxygen atoms in total. The van der Waals surface area contributed by atoms with E-state index in [-0.39, 0.29) is 30.9 Å². The summed E-state index contributed by atoms with van der Waals surface area (Å²) in [6.07, 6.45) is 5.25. The molecule has 0 spiro atoms. The molecule has 2 atom stereocenters. The van der Waals surface area contributed by atoms with Gasteiger partial charge in [-0.2, -0.15) is 5.10 Å². The first kappa shape index (κ1) is 18.8. The van der Waals surface area contributed by atoms with E-state index in [4.69, 9.17) is 9.47 Å². The molecule has 9 heteroatoms.